The van der Waals surface area contributed by atoms with Crippen molar-refractivity contribution in [3.05, 3.63) is 16.8 Å². The van der Waals surface area contributed by atoms with Crippen molar-refractivity contribution < 1.29 is 23.9 Å². The van der Waals surface area contributed by atoms with E-state index in [0.717, 1.165) is 14.2 Å². The van der Waals surface area contributed by atoms with Crippen LogP contribution in [-0.2, 0) is 19.1 Å². The summed E-state index contributed by atoms with van der Waals surface area (Å²) >= 11 is 0. The highest BCUT2D eigenvalue weighted by Gasteiger charge is 2.30. The summed E-state index contributed by atoms with van der Waals surface area (Å²) in [5.74, 6) is -2.14. The van der Waals surface area contributed by atoms with Crippen LogP contribution in [0.25, 0.3) is 5.53 Å². The van der Waals surface area contributed by atoms with E-state index in [1.807, 2.05) is 0 Å². The van der Waals surface area contributed by atoms with E-state index < -0.39 is 28.9 Å². The Labute approximate surface area is 90.5 Å². The number of hydrogen-bond acceptors (Lipinski definition) is 6. The summed E-state index contributed by atoms with van der Waals surface area (Å²) in [6.45, 7) is 0. The van der Waals surface area contributed by atoms with Crippen molar-refractivity contribution >= 4 is 17.7 Å². The van der Waals surface area contributed by atoms with E-state index >= 15 is 0 Å². The minimum atomic E-state index is -1.09. The Bertz CT molecular complexity index is 439. The lowest BCUT2D eigenvalue weighted by Crippen LogP contribution is -2.27. The van der Waals surface area contributed by atoms with Crippen molar-refractivity contribution in [3.63, 3.8) is 0 Å². The van der Waals surface area contributed by atoms with Gasteiger partial charge in [0.15, 0.2) is 11.3 Å². The first-order chi connectivity index (χ1) is 7.53. The number of esters is 2. The highest BCUT2D eigenvalue weighted by Crippen LogP contribution is 2.02. The zero-order valence-corrected chi connectivity index (χ0v) is 8.55. The lowest BCUT2D eigenvalue weighted by Gasteiger charge is -1.99. The number of nitrogens with two attached hydrogens (primary N) is 1. The van der Waals surface area contributed by atoms with Gasteiger partial charge in [0, 0.05) is 0 Å². The van der Waals surface area contributed by atoms with Crippen LogP contribution in [0.4, 0.5) is 0 Å². The van der Waals surface area contributed by atoms with E-state index in [1.54, 1.807) is 0 Å². The van der Waals surface area contributed by atoms with E-state index in [0.29, 0.717) is 0 Å². The van der Waals surface area contributed by atoms with Crippen molar-refractivity contribution in [3.8, 4) is 6.07 Å². The second-order valence-corrected chi connectivity index (χ2v) is 2.33. The molecule has 0 aliphatic heterocycles. The van der Waals surface area contributed by atoms with E-state index in [-0.39, 0.29) is 0 Å². The zero-order valence-electron chi connectivity index (χ0n) is 8.55. The molecule has 0 aromatic rings. The first-order valence-corrected chi connectivity index (χ1v) is 3.82. The minimum absolute atomic E-state index is 0.622. The predicted octanol–water partition coefficient (Wildman–Crippen LogP) is -1.26. The van der Waals surface area contributed by atoms with Crippen LogP contribution in [-0.4, -0.2) is 36.7 Å². The van der Waals surface area contributed by atoms with Crippen molar-refractivity contribution in [1.29, 1.82) is 5.26 Å². The molecule has 0 fully saturated rings. The molecule has 0 aromatic carbocycles. The Kier molecular flexibility index (Phi) is 4.97. The number of carbonyl (C=O) groups is 2. The van der Waals surface area contributed by atoms with E-state index in [9.17, 15) is 9.59 Å². The van der Waals surface area contributed by atoms with E-state index in [4.69, 9.17) is 16.5 Å². The van der Waals surface area contributed by atoms with Gasteiger partial charge >= 0.3 is 17.7 Å². The SMILES string of the molecule is COC(=O)C(=[N+]=[N-])/C(N)=C(\C#N)C(=O)OC. The molecule has 0 spiro atoms. The lowest BCUT2D eigenvalue weighted by molar-refractivity contribution is -0.137. The summed E-state index contributed by atoms with van der Waals surface area (Å²) in [4.78, 5) is 24.6. The van der Waals surface area contributed by atoms with Gasteiger partial charge in [0.05, 0.1) is 14.2 Å². The second kappa shape index (κ2) is 5.95. The van der Waals surface area contributed by atoms with Gasteiger partial charge < -0.3 is 20.7 Å². The number of hydrogen-bond donors (Lipinski definition) is 1. The highest BCUT2D eigenvalue weighted by atomic mass is 16.5. The van der Waals surface area contributed by atoms with E-state index in [1.165, 1.54) is 6.07 Å². The summed E-state index contributed by atoms with van der Waals surface area (Å²) in [6.07, 6.45) is 0. The van der Waals surface area contributed by atoms with Crippen LogP contribution in [0.2, 0.25) is 0 Å². The van der Waals surface area contributed by atoms with Gasteiger partial charge in [-0.1, -0.05) is 0 Å². The average Bonchev–Trinajstić information content (AvgIpc) is 2.30. The number of ether oxygens (including phenoxy) is 2. The Morgan fingerprint density at radius 3 is 2.12 bits per heavy atom. The molecule has 2 N–H and O–H groups in total. The highest BCUT2D eigenvalue weighted by molar-refractivity contribution is 6.41. The molecule has 0 heterocycles. The molecule has 0 rings (SSSR count). The standard InChI is InChI=1S/C8H8N4O4/c1-15-7(13)4(3-9)5(10)6(12-11)8(14)16-2/h10H2,1-2H3/b5-4-. The van der Waals surface area contributed by atoms with Crippen LogP contribution in [0.5, 0.6) is 0 Å². The molecule has 0 unspecified atom stereocenters. The van der Waals surface area contributed by atoms with Gasteiger partial charge in [-0.2, -0.15) is 10.1 Å². The molecule has 0 aromatic heterocycles. The third-order valence-electron chi connectivity index (χ3n) is 1.50. The first-order valence-electron chi connectivity index (χ1n) is 3.82. The fourth-order valence-corrected chi connectivity index (χ4v) is 0.738. The Hall–Kier alpha value is -2.65. The summed E-state index contributed by atoms with van der Waals surface area (Å²) in [7, 11) is 2.05. The van der Waals surface area contributed by atoms with E-state index in [2.05, 4.69) is 14.3 Å². The van der Waals surface area contributed by atoms with Crippen molar-refractivity contribution in [2.45, 2.75) is 0 Å². The van der Waals surface area contributed by atoms with Gasteiger partial charge in [0.2, 0.25) is 0 Å². The van der Waals surface area contributed by atoms with Crippen LogP contribution in [0.1, 0.15) is 0 Å². The third kappa shape index (κ3) is 2.67. The molecule has 0 saturated heterocycles. The number of methoxy groups -OCH3 is 2. The smallest absolute Gasteiger partial charge is 0.423 e. The van der Waals surface area contributed by atoms with Crippen LogP contribution in [0.3, 0.4) is 0 Å². The van der Waals surface area contributed by atoms with Crippen molar-refractivity contribution in [2.24, 2.45) is 5.73 Å². The maximum absolute atomic E-state index is 11.0. The molecule has 0 aliphatic rings. The number of nitriles is 1. The molecule has 0 atom stereocenters. The number of nitrogens with zero attached hydrogens (tertiary/aromatic N) is 3. The minimum Gasteiger partial charge on any atom is -0.465 e. The normalized spacial score (nSPS) is 10.3. The first kappa shape index (κ1) is 13.4. The van der Waals surface area contributed by atoms with Crippen LogP contribution in [0.15, 0.2) is 11.3 Å². The fraction of sp³-hybridized carbons (Fsp3) is 0.250. The topological polar surface area (TPSA) is 139 Å². The van der Waals surface area contributed by atoms with Crippen molar-refractivity contribution in [2.75, 3.05) is 14.2 Å². The molecule has 0 bridgehead atoms. The van der Waals surface area contributed by atoms with Gasteiger partial charge in [0.1, 0.15) is 6.07 Å². The molecule has 84 valence electrons. The summed E-state index contributed by atoms with van der Waals surface area (Å²) in [6, 6.07) is 1.43. The maximum Gasteiger partial charge on any atom is 0.423 e. The molecule has 16 heavy (non-hydrogen) atoms. The van der Waals surface area contributed by atoms with Gasteiger partial charge in [-0.05, 0) is 0 Å². The zero-order chi connectivity index (χ0) is 12.7. The molecular formula is C8H8N4O4. The molecule has 0 aliphatic carbocycles. The monoisotopic (exact) mass is 224 g/mol. The van der Waals surface area contributed by atoms with Gasteiger partial charge in [-0.25, -0.2) is 9.59 Å². The average molecular weight is 224 g/mol. The van der Waals surface area contributed by atoms with Crippen LogP contribution in [0, 0.1) is 11.3 Å². The molecular weight excluding hydrogens is 216 g/mol. The van der Waals surface area contributed by atoms with Crippen molar-refractivity contribution in [1.82, 2.24) is 0 Å². The van der Waals surface area contributed by atoms with Gasteiger partial charge in [0.25, 0.3) is 0 Å². The third-order valence-corrected chi connectivity index (χ3v) is 1.50. The molecule has 0 radical (unpaired) electrons. The Balaban J connectivity index is 5.61. The summed E-state index contributed by atoms with van der Waals surface area (Å²) in [5.41, 5.74) is 11.8. The van der Waals surface area contributed by atoms with Gasteiger partial charge in [-0.15, -0.1) is 0 Å². The molecule has 8 heteroatoms. The predicted molar refractivity (Wildman–Crippen MR) is 49.5 cm³/mol. The number of carbonyl (C=O) groups excluding carboxylic acids is 2. The fourth-order valence-electron chi connectivity index (χ4n) is 0.738. The number of rotatable bonds is 3. The Morgan fingerprint density at radius 2 is 1.81 bits per heavy atom. The maximum atomic E-state index is 11.0. The van der Waals surface area contributed by atoms with Crippen LogP contribution < -0.4 is 5.73 Å². The molecule has 0 amide bonds. The second-order valence-electron chi connectivity index (χ2n) is 2.33. The quantitative estimate of drug-likeness (QED) is 0.158. The van der Waals surface area contributed by atoms with Crippen LogP contribution >= 0.6 is 0 Å². The summed E-state index contributed by atoms with van der Waals surface area (Å²) in [5, 5.41) is 8.62. The Morgan fingerprint density at radius 1 is 1.31 bits per heavy atom. The van der Waals surface area contributed by atoms with Gasteiger partial charge in [-0.3, -0.25) is 0 Å². The molecule has 0 saturated carbocycles. The largest absolute Gasteiger partial charge is 0.465 e. The molecule has 8 nitrogen and oxygen atoms in total. The summed E-state index contributed by atoms with van der Waals surface area (Å²) < 4.78 is 8.47. The lowest BCUT2D eigenvalue weighted by atomic mass is 10.1.